The smallest absolute Gasteiger partial charge is 0.326 e. The third-order valence-corrected chi connectivity index (χ3v) is 4.84. The van der Waals surface area contributed by atoms with E-state index in [1.165, 1.54) is 17.9 Å². The van der Waals surface area contributed by atoms with Crippen molar-refractivity contribution >= 4 is 46.4 Å². The molecule has 3 rings (SSSR count). The maximum atomic E-state index is 13.0. The van der Waals surface area contributed by atoms with Crippen LogP contribution in [0.3, 0.4) is 0 Å². The van der Waals surface area contributed by atoms with Crippen LogP contribution in [-0.4, -0.2) is 24.3 Å². The molecule has 2 aromatic rings. The van der Waals surface area contributed by atoms with E-state index in [0.717, 1.165) is 12.1 Å². The topological polar surface area (TPSA) is 78.5 Å². The second kappa shape index (κ2) is 8.35. The molecule has 3 amide bonds. The van der Waals surface area contributed by atoms with Gasteiger partial charge in [-0.15, -0.1) is 0 Å². The van der Waals surface area contributed by atoms with Gasteiger partial charge in [-0.2, -0.15) is 13.2 Å². The Hall–Kier alpha value is -3.07. The third kappa shape index (κ3) is 4.91. The molecule has 0 aromatic heterocycles. The van der Waals surface area contributed by atoms with E-state index >= 15 is 0 Å². The van der Waals surface area contributed by atoms with Gasteiger partial charge in [0.25, 0.3) is 0 Å². The van der Waals surface area contributed by atoms with Crippen LogP contribution in [-0.2, 0) is 20.6 Å². The van der Waals surface area contributed by atoms with Crippen LogP contribution in [0.4, 0.5) is 30.2 Å². The molecule has 1 saturated heterocycles. The van der Waals surface area contributed by atoms with Crippen molar-refractivity contribution in [3.05, 3.63) is 53.1 Å². The van der Waals surface area contributed by atoms with E-state index in [9.17, 15) is 27.6 Å². The van der Waals surface area contributed by atoms with Crippen molar-refractivity contribution in [2.24, 2.45) is 5.92 Å². The Morgan fingerprint density at radius 2 is 1.80 bits per heavy atom. The molecule has 1 atom stereocenters. The molecular weight excluding hydrogens is 423 g/mol. The van der Waals surface area contributed by atoms with Crippen molar-refractivity contribution < 1.29 is 27.6 Å². The van der Waals surface area contributed by atoms with Crippen molar-refractivity contribution in [3.63, 3.8) is 0 Å². The number of benzene rings is 2. The number of nitrogens with one attached hydrogen (secondary N) is 2. The minimum Gasteiger partial charge on any atom is -0.326 e. The van der Waals surface area contributed by atoms with Gasteiger partial charge in [0.15, 0.2) is 0 Å². The summed E-state index contributed by atoms with van der Waals surface area (Å²) in [6.07, 6.45) is -4.74. The van der Waals surface area contributed by atoms with Crippen LogP contribution in [0.25, 0.3) is 0 Å². The van der Waals surface area contributed by atoms with Gasteiger partial charge in [0.2, 0.25) is 17.7 Å². The Kier molecular flexibility index (Phi) is 6.02. The number of carbonyl (C=O) groups is 3. The molecule has 10 heteroatoms. The second-order valence-corrected chi connectivity index (χ2v) is 7.23. The summed E-state index contributed by atoms with van der Waals surface area (Å²) in [5.74, 6) is -1.88. The van der Waals surface area contributed by atoms with Crippen LogP contribution in [0.2, 0.25) is 5.02 Å². The molecule has 0 aliphatic carbocycles. The highest BCUT2D eigenvalue weighted by atomic mass is 35.5. The number of nitrogens with zero attached hydrogens (tertiary/aromatic N) is 1. The molecule has 1 heterocycles. The predicted octanol–water partition coefficient (Wildman–Crippen LogP) is 4.31. The zero-order chi connectivity index (χ0) is 22.1. The predicted molar refractivity (Wildman–Crippen MR) is 106 cm³/mol. The van der Waals surface area contributed by atoms with Gasteiger partial charge in [0, 0.05) is 37.0 Å². The zero-order valence-corrected chi connectivity index (χ0v) is 16.5. The first-order valence-corrected chi connectivity index (χ1v) is 9.28. The molecule has 158 valence electrons. The monoisotopic (exact) mass is 439 g/mol. The number of carbonyl (C=O) groups excluding carboxylic acids is 3. The van der Waals surface area contributed by atoms with Crippen LogP contribution in [0.5, 0.6) is 0 Å². The summed E-state index contributed by atoms with van der Waals surface area (Å²) in [5, 5.41) is 4.56. The lowest BCUT2D eigenvalue weighted by Crippen LogP contribution is -2.28. The molecule has 1 aliphatic heterocycles. The maximum Gasteiger partial charge on any atom is 0.417 e. The van der Waals surface area contributed by atoms with E-state index in [1.807, 2.05) is 0 Å². The highest BCUT2D eigenvalue weighted by Gasteiger charge is 2.36. The molecule has 0 unspecified atom stereocenters. The quantitative estimate of drug-likeness (QED) is 0.745. The van der Waals surface area contributed by atoms with Crippen LogP contribution in [0.15, 0.2) is 42.5 Å². The van der Waals surface area contributed by atoms with Gasteiger partial charge in [-0.25, -0.2) is 0 Å². The first-order valence-electron chi connectivity index (χ1n) is 8.90. The number of anilines is 3. The SMILES string of the molecule is CC(=O)Nc1cccc(N2C[C@H](C(=O)Nc3ccc(Cl)c(C(F)(F)F)c3)CC2=O)c1. The molecule has 0 saturated carbocycles. The molecule has 30 heavy (non-hydrogen) atoms. The summed E-state index contributed by atoms with van der Waals surface area (Å²) < 4.78 is 39.0. The van der Waals surface area contributed by atoms with Gasteiger partial charge in [0.05, 0.1) is 16.5 Å². The first-order chi connectivity index (χ1) is 14.0. The van der Waals surface area contributed by atoms with Crippen molar-refractivity contribution in [2.45, 2.75) is 19.5 Å². The van der Waals surface area contributed by atoms with Gasteiger partial charge < -0.3 is 15.5 Å². The van der Waals surface area contributed by atoms with E-state index in [1.54, 1.807) is 24.3 Å². The first kappa shape index (κ1) is 21.6. The van der Waals surface area contributed by atoms with E-state index in [4.69, 9.17) is 11.6 Å². The fourth-order valence-electron chi connectivity index (χ4n) is 3.15. The van der Waals surface area contributed by atoms with Gasteiger partial charge in [-0.3, -0.25) is 14.4 Å². The maximum absolute atomic E-state index is 13.0. The lowest BCUT2D eigenvalue weighted by molar-refractivity contribution is -0.137. The molecule has 0 spiro atoms. The van der Waals surface area contributed by atoms with E-state index in [-0.39, 0.29) is 30.5 Å². The molecule has 1 fully saturated rings. The molecular formula is C20H17ClF3N3O3. The largest absolute Gasteiger partial charge is 0.417 e. The number of rotatable bonds is 4. The molecule has 0 bridgehead atoms. The highest BCUT2D eigenvalue weighted by Crippen LogP contribution is 2.36. The lowest BCUT2D eigenvalue weighted by Gasteiger charge is -2.18. The molecule has 1 aliphatic rings. The normalized spacial score (nSPS) is 16.5. The third-order valence-electron chi connectivity index (χ3n) is 4.51. The standard InChI is InChI=1S/C20H17ClF3N3O3/c1-11(28)25-13-3-2-4-15(8-13)27-10-12(7-18(27)29)19(30)26-14-5-6-17(21)16(9-14)20(22,23)24/h2-6,8-9,12H,7,10H2,1H3,(H,25,28)(H,26,30)/t12-/m1/s1. The highest BCUT2D eigenvalue weighted by molar-refractivity contribution is 6.31. The lowest BCUT2D eigenvalue weighted by atomic mass is 10.1. The van der Waals surface area contributed by atoms with Gasteiger partial charge in [-0.05, 0) is 36.4 Å². The number of hydrogen-bond acceptors (Lipinski definition) is 3. The molecule has 6 nitrogen and oxygen atoms in total. The second-order valence-electron chi connectivity index (χ2n) is 6.82. The van der Waals surface area contributed by atoms with Crippen molar-refractivity contribution in [1.82, 2.24) is 0 Å². The molecule has 2 N–H and O–H groups in total. The Balaban J connectivity index is 1.72. The summed E-state index contributed by atoms with van der Waals surface area (Å²) >= 11 is 5.58. The van der Waals surface area contributed by atoms with Crippen LogP contribution in [0, 0.1) is 5.92 Å². The Morgan fingerprint density at radius 3 is 2.47 bits per heavy atom. The van der Waals surface area contributed by atoms with Crippen molar-refractivity contribution in [3.8, 4) is 0 Å². The summed E-state index contributed by atoms with van der Waals surface area (Å²) in [5.41, 5.74) is -0.106. The van der Waals surface area contributed by atoms with Crippen LogP contribution in [0.1, 0.15) is 18.9 Å². The minimum atomic E-state index is -4.66. The summed E-state index contributed by atoms with van der Waals surface area (Å²) in [4.78, 5) is 37.5. The Bertz CT molecular complexity index is 1010. The van der Waals surface area contributed by atoms with E-state index in [2.05, 4.69) is 10.6 Å². The minimum absolute atomic E-state index is 0.0599. The fourth-order valence-corrected chi connectivity index (χ4v) is 3.38. The van der Waals surface area contributed by atoms with E-state index in [0.29, 0.717) is 11.4 Å². The Morgan fingerprint density at radius 1 is 1.10 bits per heavy atom. The summed E-state index contributed by atoms with van der Waals surface area (Å²) in [6, 6.07) is 9.67. The average molecular weight is 440 g/mol. The van der Waals surface area contributed by atoms with Gasteiger partial charge in [0.1, 0.15) is 0 Å². The van der Waals surface area contributed by atoms with Crippen LogP contribution < -0.4 is 15.5 Å². The molecule has 0 radical (unpaired) electrons. The zero-order valence-electron chi connectivity index (χ0n) is 15.7. The fraction of sp³-hybridized carbons (Fsp3) is 0.250. The number of hydrogen-bond donors (Lipinski definition) is 2. The summed E-state index contributed by atoms with van der Waals surface area (Å²) in [7, 11) is 0. The van der Waals surface area contributed by atoms with E-state index < -0.39 is 28.6 Å². The number of amides is 3. The van der Waals surface area contributed by atoms with Crippen LogP contribution >= 0.6 is 11.6 Å². The Labute approximate surface area is 175 Å². The number of halogens is 4. The number of alkyl halides is 3. The summed E-state index contributed by atoms with van der Waals surface area (Å²) in [6.45, 7) is 1.42. The van der Waals surface area contributed by atoms with Crippen molar-refractivity contribution in [2.75, 3.05) is 22.1 Å². The van der Waals surface area contributed by atoms with Gasteiger partial charge >= 0.3 is 6.18 Å². The van der Waals surface area contributed by atoms with Crippen molar-refractivity contribution in [1.29, 1.82) is 0 Å². The molecule has 2 aromatic carbocycles. The van der Waals surface area contributed by atoms with Gasteiger partial charge in [-0.1, -0.05) is 17.7 Å². The average Bonchev–Trinajstić information content (AvgIpc) is 3.04.